The smallest absolute Gasteiger partial charge is 0.128 e. The van der Waals surface area contributed by atoms with Crippen molar-refractivity contribution in [2.75, 3.05) is 13.1 Å². The summed E-state index contributed by atoms with van der Waals surface area (Å²) in [7, 11) is 0. The summed E-state index contributed by atoms with van der Waals surface area (Å²) in [4.78, 5) is 8.72. The lowest BCUT2D eigenvalue weighted by atomic mass is 9.94. The molecule has 1 atom stereocenters. The third kappa shape index (κ3) is 3.27. The molecule has 2 rings (SSSR count). The monoisotopic (exact) mass is 205 g/mol. The maximum atomic E-state index is 4.43. The number of piperidine rings is 1. The van der Waals surface area contributed by atoms with E-state index in [0.717, 1.165) is 23.9 Å². The molecule has 0 aliphatic carbocycles. The Balaban J connectivity index is 1.81. The van der Waals surface area contributed by atoms with Gasteiger partial charge >= 0.3 is 0 Å². The van der Waals surface area contributed by atoms with Crippen molar-refractivity contribution in [1.82, 2.24) is 15.3 Å². The van der Waals surface area contributed by atoms with E-state index in [0.29, 0.717) is 0 Å². The van der Waals surface area contributed by atoms with Crippen molar-refractivity contribution >= 4 is 0 Å². The minimum absolute atomic E-state index is 0.822. The Labute approximate surface area is 91.3 Å². The molecule has 1 unspecified atom stereocenters. The fourth-order valence-electron chi connectivity index (χ4n) is 2.12. The fraction of sp³-hybridized carbons (Fsp3) is 0.667. The molecule has 0 radical (unpaired) electrons. The van der Waals surface area contributed by atoms with E-state index in [1.807, 2.05) is 19.2 Å². The summed E-state index contributed by atoms with van der Waals surface area (Å²) in [5, 5.41) is 3.44. The molecule has 15 heavy (non-hydrogen) atoms. The van der Waals surface area contributed by atoms with Crippen molar-refractivity contribution in [1.29, 1.82) is 0 Å². The summed E-state index contributed by atoms with van der Waals surface area (Å²) >= 11 is 0. The highest BCUT2D eigenvalue weighted by atomic mass is 14.9. The van der Waals surface area contributed by atoms with Gasteiger partial charge in [0.05, 0.1) is 0 Å². The lowest BCUT2D eigenvalue weighted by Crippen LogP contribution is -2.30. The number of aromatic nitrogens is 2. The van der Waals surface area contributed by atoms with Crippen molar-refractivity contribution in [2.24, 2.45) is 5.92 Å². The van der Waals surface area contributed by atoms with Crippen LogP contribution in [-0.2, 0) is 6.42 Å². The van der Waals surface area contributed by atoms with Gasteiger partial charge in [0.1, 0.15) is 5.82 Å². The molecule has 1 aliphatic heterocycles. The van der Waals surface area contributed by atoms with Crippen LogP contribution in [0.1, 0.15) is 30.8 Å². The number of aryl methyl sites for hydroxylation is 2. The highest BCUT2D eigenvalue weighted by molar-refractivity contribution is 4.99. The molecule has 1 fully saturated rings. The maximum Gasteiger partial charge on any atom is 0.128 e. The predicted octanol–water partition coefficient (Wildman–Crippen LogP) is 1.72. The number of hydrogen-bond acceptors (Lipinski definition) is 3. The van der Waals surface area contributed by atoms with Gasteiger partial charge in [-0.3, -0.25) is 0 Å². The van der Waals surface area contributed by atoms with Crippen LogP contribution >= 0.6 is 0 Å². The summed E-state index contributed by atoms with van der Waals surface area (Å²) in [6.07, 6.45) is 6.78. The first-order valence-electron chi connectivity index (χ1n) is 5.84. The van der Waals surface area contributed by atoms with E-state index in [4.69, 9.17) is 0 Å². The summed E-state index contributed by atoms with van der Waals surface area (Å²) in [5.41, 5.74) is 1.07. The van der Waals surface area contributed by atoms with Gasteiger partial charge in [-0.1, -0.05) is 0 Å². The third-order valence-electron chi connectivity index (χ3n) is 3.02. The van der Waals surface area contributed by atoms with E-state index < -0.39 is 0 Å². The highest BCUT2D eigenvalue weighted by Crippen LogP contribution is 2.15. The highest BCUT2D eigenvalue weighted by Gasteiger charge is 2.13. The lowest BCUT2D eigenvalue weighted by Gasteiger charge is -2.22. The van der Waals surface area contributed by atoms with Gasteiger partial charge in [-0.05, 0) is 51.3 Å². The van der Waals surface area contributed by atoms with E-state index in [2.05, 4.69) is 15.3 Å². The second-order valence-electron chi connectivity index (χ2n) is 4.37. The first-order chi connectivity index (χ1) is 7.34. The van der Waals surface area contributed by atoms with Crippen LogP contribution < -0.4 is 5.32 Å². The largest absolute Gasteiger partial charge is 0.316 e. The molecule has 1 aromatic rings. The van der Waals surface area contributed by atoms with Crippen LogP contribution in [0, 0.1) is 12.8 Å². The van der Waals surface area contributed by atoms with E-state index >= 15 is 0 Å². The zero-order valence-electron chi connectivity index (χ0n) is 9.37. The predicted molar refractivity (Wildman–Crippen MR) is 60.7 cm³/mol. The van der Waals surface area contributed by atoms with E-state index in [1.54, 1.807) is 0 Å². The number of hydrogen-bond donors (Lipinski definition) is 1. The molecule has 0 saturated carbocycles. The molecule has 82 valence electrons. The van der Waals surface area contributed by atoms with Crippen LogP contribution in [0.15, 0.2) is 12.3 Å². The van der Waals surface area contributed by atoms with Gasteiger partial charge in [-0.15, -0.1) is 0 Å². The third-order valence-corrected chi connectivity index (χ3v) is 3.02. The van der Waals surface area contributed by atoms with Crippen LogP contribution in [0.2, 0.25) is 0 Å². The molecular weight excluding hydrogens is 186 g/mol. The molecular formula is C12H19N3. The van der Waals surface area contributed by atoms with Gasteiger partial charge < -0.3 is 5.32 Å². The van der Waals surface area contributed by atoms with Gasteiger partial charge in [0.2, 0.25) is 0 Å². The van der Waals surface area contributed by atoms with Crippen LogP contribution in [0.3, 0.4) is 0 Å². The second-order valence-corrected chi connectivity index (χ2v) is 4.37. The lowest BCUT2D eigenvalue weighted by molar-refractivity contribution is 0.356. The number of nitrogens with one attached hydrogen (secondary N) is 1. The van der Waals surface area contributed by atoms with Gasteiger partial charge in [0, 0.05) is 18.3 Å². The van der Waals surface area contributed by atoms with Crippen molar-refractivity contribution in [2.45, 2.75) is 32.6 Å². The molecule has 1 N–H and O–H groups in total. The minimum atomic E-state index is 0.822. The molecule has 1 aromatic heterocycles. The zero-order valence-corrected chi connectivity index (χ0v) is 9.37. The van der Waals surface area contributed by atoms with Crippen LogP contribution in [-0.4, -0.2) is 23.1 Å². The fourth-order valence-corrected chi connectivity index (χ4v) is 2.12. The standard InChI is InChI=1S/C12H19N3/c1-10-6-8-14-12(15-10)5-4-11-3-2-7-13-9-11/h6,8,11,13H,2-5,7,9H2,1H3. The molecule has 0 bridgehead atoms. The molecule has 3 nitrogen and oxygen atoms in total. The first-order valence-corrected chi connectivity index (χ1v) is 5.84. The topological polar surface area (TPSA) is 37.8 Å². The van der Waals surface area contributed by atoms with Crippen molar-refractivity contribution in [3.05, 3.63) is 23.8 Å². The molecule has 2 heterocycles. The van der Waals surface area contributed by atoms with Gasteiger partial charge in [0.15, 0.2) is 0 Å². The molecule has 3 heteroatoms. The minimum Gasteiger partial charge on any atom is -0.316 e. The van der Waals surface area contributed by atoms with Crippen molar-refractivity contribution in [3.8, 4) is 0 Å². The Hall–Kier alpha value is -0.960. The average Bonchev–Trinajstić information content (AvgIpc) is 2.28. The van der Waals surface area contributed by atoms with E-state index in [9.17, 15) is 0 Å². The molecule has 1 saturated heterocycles. The number of rotatable bonds is 3. The Kier molecular flexibility index (Phi) is 3.67. The molecule has 1 aliphatic rings. The summed E-state index contributed by atoms with van der Waals surface area (Å²) in [6, 6.07) is 1.95. The second kappa shape index (κ2) is 5.21. The van der Waals surface area contributed by atoms with Gasteiger partial charge in [-0.2, -0.15) is 0 Å². The SMILES string of the molecule is Cc1ccnc(CCC2CCCNC2)n1. The average molecular weight is 205 g/mol. The maximum absolute atomic E-state index is 4.43. The summed E-state index contributed by atoms with van der Waals surface area (Å²) in [6.45, 7) is 4.39. The Morgan fingerprint density at radius 1 is 1.53 bits per heavy atom. The Morgan fingerprint density at radius 3 is 3.20 bits per heavy atom. The first kappa shape index (κ1) is 10.6. The van der Waals surface area contributed by atoms with Crippen molar-refractivity contribution < 1.29 is 0 Å². The zero-order chi connectivity index (χ0) is 10.5. The Morgan fingerprint density at radius 2 is 2.47 bits per heavy atom. The van der Waals surface area contributed by atoms with Gasteiger partial charge in [0.25, 0.3) is 0 Å². The van der Waals surface area contributed by atoms with Crippen LogP contribution in [0.4, 0.5) is 0 Å². The molecule has 0 aromatic carbocycles. The van der Waals surface area contributed by atoms with Gasteiger partial charge in [-0.25, -0.2) is 9.97 Å². The quantitative estimate of drug-likeness (QED) is 0.816. The number of nitrogens with zero attached hydrogens (tertiary/aromatic N) is 2. The molecule has 0 amide bonds. The molecule has 0 spiro atoms. The van der Waals surface area contributed by atoms with Crippen LogP contribution in [0.5, 0.6) is 0 Å². The van der Waals surface area contributed by atoms with E-state index in [-0.39, 0.29) is 0 Å². The normalized spacial score (nSPS) is 21.5. The Bertz CT molecular complexity index is 305. The summed E-state index contributed by atoms with van der Waals surface area (Å²) in [5.74, 6) is 1.82. The van der Waals surface area contributed by atoms with E-state index in [1.165, 1.54) is 32.4 Å². The summed E-state index contributed by atoms with van der Waals surface area (Å²) < 4.78 is 0. The van der Waals surface area contributed by atoms with Crippen LogP contribution in [0.25, 0.3) is 0 Å². The van der Waals surface area contributed by atoms with Crippen molar-refractivity contribution in [3.63, 3.8) is 0 Å².